The molecule has 0 atom stereocenters. The van der Waals surface area contributed by atoms with E-state index >= 15 is 0 Å². The van der Waals surface area contributed by atoms with Crippen molar-refractivity contribution in [3.8, 4) is 0 Å². The van der Waals surface area contributed by atoms with Gasteiger partial charge in [0.25, 0.3) is 0 Å². The second-order valence-electron chi connectivity index (χ2n) is 7.25. The topological polar surface area (TPSA) is 43.4 Å². The molecule has 0 saturated carbocycles. The lowest BCUT2D eigenvalue weighted by atomic mass is 9.83. The molecule has 0 fully saturated rings. The van der Waals surface area contributed by atoms with Crippen LogP contribution in [0.5, 0.6) is 0 Å². The summed E-state index contributed by atoms with van der Waals surface area (Å²) in [6, 6.07) is 0. The SMILES string of the molecule is CC(C)C(=O)CC(C)(C)OCC(C)(C)C(=O)C(C)C. The van der Waals surface area contributed by atoms with E-state index in [9.17, 15) is 9.59 Å². The third-order valence-corrected chi connectivity index (χ3v) is 3.26. The molecule has 0 unspecified atom stereocenters. The number of ether oxygens (including phenoxy) is 1. The van der Waals surface area contributed by atoms with E-state index in [4.69, 9.17) is 4.74 Å². The highest BCUT2D eigenvalue weighted by Gasteiger charge is 2.33. The van der Waals surface area contributed by atoms with E-state index in [-0.39, 0.29) is 23.4 Å². The standard InChI is InChI=1S/C16H30O3/c1-11(2)13(17)9-16(7,8)19-10-15(5,6)14(18)12(3)4/h11-12H,9-10H2,1-8H3. The van der Waals surface area contributed by atoms with E-state index in [0.29, 0.717) is 13.0 Å². The van der Waals surface area contributed by atoms with Crippen molar-refractivity contribution in [1.82, 2.24) is 0 Å². The summed E-state index contributed by atoms with van der Waals surface area (Å²) < 4.78 is 5.84. The number of rotatable bonds is 8. The Hall–Kier alpha value is -0.700. The molecule has 0 aliphatic carbocycles. The molecule has 3 heteroatoms. The fourth-order valence-corrected chi connectivity index (χ4v) is 1.90. The zero-order valence-corrected chi connectivity index (χ0v) is 13.8. The van der Waals surface area contributed by atoms with Crippen molar-refractivity contribution >= 4 is 11.6 Å². The minimum absolute atomic E-state index is 0.000918. The number of carbonyl (C=O) groups excluding carboxylic acids is 2. The van der Waals surface area contributed by atoms with Crippen LogP contribution in [-0.2, 0) is 14.3 Å². The molecular weight excluding hydrogens is 240 g/mol. The maximum atomic E-state index is 12.1. The van der Waals surface area contributed by atoms with E-state index in [1.165, 1.54) is 0 Å². The van der Waals surface area contributed by atoms with Gasteiger partial charge in [0.1, 0.15) is 11.6 Å². The Balaban J connectivity index is 4.53. The van der Waals surface area contributed by atoms with Crippen LogP contribution in [0.25, 0.3) is 0 Å². The maximum absolute atomic E-state index is 12.1. The van der Waals surface area contributed by atoms with Crippen molar-refractivity contribution < 1.29 is 14.3 Å². The summed E-state index contributed by atoms with van der Waals surface area (Å²) in [5, 5.41) is 0. The van der Waals surface area contributed by atoms with Crippen LogP contribution in [-0.4, -0.2) is 23.8 Å². The molecule has 0 aliphatic heterocycles. The van der Waals surface area contributed by atoms with Crippen molar-refractivity contribution in [3.63, 3.8) is 0 Å². The maximum Gasteiger partial charge on any atom is 0.143 e. The molecule has 112 valence electrons. The zero-order valence-electron chi connectivity index (χ0n) is 13.8. The van der Waals surface area contributed by atoms with Crippen molar-refractivity contribution in [2.75, 3.05) is 6.61 Å². The Morgan fingerprint density at radius 1 is 0.947 bits per heavy atom. The Labute approximate surface area is 118 Å². The lowest BCUT2D eigenvalue weighted by molar-refractivity contribution is -0.140. The summed E-state index contributed by atoms with van der Waals surface area (Å²) in [6.07, 6.45) is 0.386. The third-order valence-electron chi connectivity index (χ3n) is 3.26. The Morgan fingerprint density at radius 2 is 1.42 bits per heavy atom. The molecule has 0 saturated heterocycles. The molecule has 19 heavy (non-hydrogen) atoms. The van der Waals surface area contributed by atoms with Gasteiger partial charge in [-0.25, -0.2) is 0 Å². The minimum Gasteiger partial charge on any atom is -0.374 e. The van der Waals surface area contributed by atoms with Gasteiger partial charge >= 0.3 is 0 Å². The van der Waals surface area contributed by atoms with E-state index in [1.807, 2.05) is 55.4 Å². The van der Waals surface area contributed by atoms with Crippen molar-refractivity contribution in [1.29, 1.82) is 0 Å². The van der Waals surface area contributed by atoms with E-state index in [0.717, 1.165) is 0 Å². The molecule has 0 amide bonds. The highest BCUT2D eigenvalue weighted by atomic mass is 16.5. The fraction of sp³-hybridized carbons (Fsp3) is 0.875. The monoisotopic (exact) mass is 270 g/mol. The van der Waals surface area contributed by atoms with E-state index in [2.05, 4.69) is 0 Å². The van der Waals surface area contributed by atoms with E-state index in [1.54, 1.807) is 0 Å². The van der Waals surface area contributed by atoms with Crippen LogP contribution in [0.4, 0.5) is 0 Å². The molecule has 0 aromatic heterocycles. The second kappa shape index (κ2) is 6.65. The molecule has 3 nitrogen and oxygen atoms in total. The van der Waals surface area contributed by atoms with Crippen LogP contribution in [0.3, 0.4) is 0 Å². The summed E-state index contributed by atoms with van der Waals surface area (Å²) >= 11 is 0. The molecule has 0 aromatic carbocycles. The summed E-state index contributed by atoms with van der Waals surface area (Å²) in [4.78, 5) is 23.8. The largest absolute Gasteiger partial charge is 0.374 e. The lowest BCUT2D eigenvalue weighted by Gasteiger charge is -2.32. The molecular formula is C16H30O3. The normalized spacial score (nSPS) is 13.2. The summed E-state index contributed by atoms with van der Waals surface area (Å²) in [7, 11) is 0. The number of ketones is 2. The van der Waals surface area contributed by atoms with Crippen molar-refractivity contribution in [2.24, 2.45) is 17.3 Å². The van der Waals surface area contributed by atoms with Crippen LogP contribution in [0, 0.1) is 17.3 Å². The van der Waals surface area contributed by atoms with Gasteiger partial charge in [0.2, 0.25) is 0 Å². The predicted molar refractivity (Wildman–Crippen MR) is 78.1 cm³/mol. The first-order valence-electron chi connectivity index (χ1n) is 7.10. The Morgan fingerprint density at radius 3 is 1.79 bits per heavy atom. The first kappa shape index (κ1) is 18.3. The molecule has 0 N–H and O–H groups in total. The number of Topliss-reactive ketones (excluding diaryl/α,β-unsaturated/α-hetero) is 2. The molecule has 0 spiro atoms. The molecule has 0 radical (unpaired) electrons. The first-order chi connectivity index (χ1) is 8.39. The Kier molecular flexibility index (Phi) is 6.40. The summed E-state index contributed by atoms with van der Waals surface area (Å²) in [5.41, 5.74) is -1.03. The van der Waals surface area contributed by atoms with Crippen LogP contribution in [0.15, 0.2) is 0 Å². The lowest BCUT2D eigenvalue weighted by Crippen LogP contribution is -2.38. The van der Waals surface area contributed by atoms with Crippen LogP contribution in [0.1, 0.15) is 61.8 Å². The summed E-state index contributed by atoms with van der Waals surface area (Å²) in [5.74, 6) is 0.406. The van der Waals surface area contributed by atoms with Gasteiger partial charge in [-0.05, 0) is 13.8 Å². The first-order valence-corrected chi connectivity index (χ1v) is 7.10. The van der Waals surface area contributed by atoms with Gasteiger partial charge in [0, 0.05) is 23.7 Å². The van der Waals surface area contributed by atoms with E-state index < -0.39 is 11.0 Å². The molecule has 0 heterocycles. The van der Waals surface area contributed by atoms with Crippen LogP contribution >= 0.6 is 0 Å². The van der Waals surface area contributed by atoms with Gasteiger partial charge in [0.15, 0.2) is 0 Å². The van der Waals surface area contributed by atoms with Crippen LogP contribution < -0.4 is 0 Å². The summed E-state index contributed by atoms with van der Waals surface area (Å²) in [6.45, 7) is 15.5. The van der Waals surface area contributed by atoms with Gasteiger partial charge < -0.3 is 4.74 Å². The quantitative estimate of drug-likeness (QED) is 0.676. The molecule has 0 aliphatic rings. The van der Waals surface area contributed by atoms with Gasteiger partial charge in [0.05, 0.1) is 12.2 Å². The third kappa shape index (κ3) is 6.33. The highest BCUT2D eigenvalue weighted by molar-refractivity contribution is 5.85. The minimum atomic E-state index is -0.518. The van der Waals surface area contributed by atoms with Gasteiger partial charge in [-0.2, -0.15) is 0 Å². The molecule has 0 rings (SSSR count). The average Bonchev–Trinajstić information content (AvgIpc) is 2.24. The van der Waals surface area contributed by atoms with Crippen molar-refractivity contribution in [2.45, 2.75) is 67.4 Å². The van der Waals surface area contributed by atoms with Gasteiger partial charge in [-0.1, -0.05) is 41.5 Å². The Bertz CT molecular complexity index is 325. The second-order valence-corrected chi connectivity index (χ2v) is 7.25. The molecule has 0 aromatic rings. The highest BCUT2D eigenvalue weighted by Crippen LogP contribution is 2.26. The van der Waals surface area contributed by atoms with Gasteiger partial charge in [-0.3, -0.25) is 9.59 Å². The van der Waals surface area contributed by atoms with Crippen LogP contribution in [0.2, 0.25) is 0 Å². The number of hydrogen-bond donors (Lipinski definition) is 0. The smallest absolute Gasteiger partial charge is 0.143 e. The number of hydrogen-bond acceptors (Lipinski definition) is 3. The average molecular weight is 270 g/mol. The fourth-order valence-electron chi connectivity index (χ4n) is 1.90. The molecule has 0 bridgehead atoms. The number of carbonyl (C=O) groups is 2. The van der Waals surface area contributed by atoms with Crippen molar-refractivity contribution in [3.05, 3.63) is 0 Å². The van der Waals surface area contributed by atoms with Gasteiger partial charge in [-0.15, -0.1) is 0 Å². The zero-order chi connectivity index (χ0) is 15.4. The predicted octanol–water partition coefficient (Wildman–Crippen LogP) is 3.65.